The second kappa shape index (κ2) is 5.63. The minimum Gasteiger partial charge on any atom is -0.478 e. The maximum absolute atomic E-state index is 12.4. The predicted octanol–water partition coefficient (Wildman–Crippen LogP) is 2.02. The zero-order valence-electron chi connectivity index (χ0n) is 11.8. The van der Waals surface area contributed by atoms with Gasteiger partial charge in [-0.2, -0.15) is 0 Å². The monoisotopic (exact) mass is 276 g/mol. The third-order valence-electron chi connectivity index (χ3n) is 3.99. The van der Waals surface area contributed by atoms with Crippen molar-refractivity contribution in [2.75, 3.05) is 18.4 Å². The van der Waals surface area contributed by atoms with Crippen LogP contribution in [0.5, 0.6) is 0 Å². The summed E-state index contributed by atoms with van der Waals surface area (Å²) in [6, 6.07) is 4.77. The lowest BCUT2D eigenvalue weighted by molar-refractivity contribution is -0.126. The molecular weight excluding hydrogens is 256 g/mol. The van der Waals surface area contributed by atoms with Crippen LogP contribution in [0.25, 0.3) is 0 Å². The van der Waals surface area contributed by atoms with Gasteiger partial charge >= 0.3 is 5.97 Å². The van der Waals surface area contributed by atoms with Gasteiger partial charge in [0.1, 0.15) is 0 Å². The molecule has 1 heterocycles. The molecule has 0 spiro atoms. The lowest BCUT2D eigenvalue weighted by Gasteiger charge is -2.32. The molecule has 0 bridgehead atoms. The van der Waals surface area contributed by atoms with Crippen LogP contribution >= 0.6 is 0 Å². The third kappa shape index (κ3) is 2.99. The second-order valence-electron chi connectivity index (χ2n) is 5.60. The maximum atomic E-state index is 12.4. The molecule has 1 fully saturated rings. The van der Waals surface area contributed by atoms with Gasteiger partial charge in [-0.05, 0) is 50.6 Å². The molecule has 1 amide bonds. The van der Waals surface area contributed by atoms with Crippen molar-refractivity contribution in [2.24, 2.45) is 5.41 Å². The number of aryl methyl sites for hydroxylation is 1. The number of benzene rings is 1. The standard InChI is InChI=1S/C15H20N2O3/c1-10-3-4-11(13(18)19)9-12(10)17-14(20)15(2)5-7-16-8-6-15/h3-4,9,16H,5-8H2,1-2H3,(H,17,20)(H,18,19). The molecule has 1 aliphatic heterocycles. The van der Waals surface area contributed by atoms with Gasteiger partial charge < -0.3 is 15.7 Å². The van der Waals surface area contributed by atoms with Gasteiger partial charge in [0.05, 0.1) is 5.56 Å². The van der Waals surface area contributed by atoms with Gasteiger partial charge in [0.15, 0.2) is 0 Å². The molecule has 1 aromatic rings. The van der Waals surface area contributed by atoms with Gasteiger partial charge in [-0.15, -0.1) is 0 Å². The smallest absolute Gasteiger partial charge is 0.335 e. The fraction of sp³-hybridized carbons (Fsp3) is 0.467. The molecule has 108 valence electrons. The topological polar surface area (TPSA) is 78.4 Å². The van der Waals surface area contributed by atoms with Crippen LogP contribution in [0.1, 0.15) is 35.7 Å². The second-order valence-corrected chi connectivity index (χ2v) is 5.60. The van der Waals surface area contributed by atoms with Crippen LogP contribution in [0.3, 0.4) is 0 Å². The molecule has 20 heavy (non-hydrogen) atoms. The zero-order chi connectivity index (χ0) is 14.8. The Morgan fingerprint density at radius 2 is 1.95 bits per heavy atom. The number of amides is 1. The minimum atomic E-state index is -0.992. The molecule has 0 aliphatic carbocycles. The Balaban J connectivity index is 2.18. The molecule has 5 nitrogen and oxygen atoms in total. The Hall–Kier alpha value is -1.88. The Kier molecular flexibility index (Phi) is 4.09. The highest BCUT2D eigenvalue weighted by molar-refractivity contribution is 5.97. The summed E-state index contributed by atoms with van der Waals surface area (Å²) in [6.45, 7) is 5.47. The largest absolute Gasteiger partial charge is 0.478 e. The van der Waals surface area contributed by atoms with Crippen LogP contribution in [0.15, 0.2) is 18.2 Å². The number of carbonyl (C=O) groups is 2. The number of anilines is 1. The lowest BCUT2D eigenvalue weighted by Crippen LogP contribution is -2.42. The first-order valence-corrected chi connectivity index (χ1v) is 6.78. The number of hydrogen-bond acceptors (Lipinski definition) is 3. The number of carboxylic acids is 1. The number of rotatable bonds is 3. The number of carbonyl (C=O) groups excluding carboxylic acids is 1. The predicted molar refractivity (Wildman–Crippen MR) is 77.0 cm³/mol. The van der Waals surface area contributed by atoms with E-state index in [0.717, 1.165) is 31.5 Å². The first kappa shape index (κ1) is 14.5. The Labute approximate surface area is 118 Å². The van der Waals surface area contributed by atoms with Gasteiger partial charge in [0.25, 0.3) is 0 Å². The van der Waals surface area contributed by atoms with E-state index in [1.807, 2.05) is 13.8 Å². The highest BCUT2D eigenvalue weighted by Gasteiger charge is 2.34. The quantitative estimate of drug-likeness (QED) is 0.789. The highest BCUT2D eigenvalue weighted by atomic mass is 16.4. The van der Waals surface area contributed by atoms with Crippen molar-refractivity contribution < 1.29 is 14.7 Å². The Morgan fingerprint density at radius 3 is 2.55 bits per heavy atom. The summed E-state index contributed by atoms with van der Waals surface area (Å²) >= 11 is 0. The molecule has 0 unspecified atom stereocenters. The molecule has 3 N–H and O–H groups in total. The average molecular weight is 276 g/mol. The first-order valence-electron chi connectivity index (χ1n) is 6.78. The van der Waals surface area contributed by atoms with E-state index < -0.39 is 11.4 Å². The molecule has 1 saturated heterocycles. The zero-order valence-corrected chi connectivity index (χ0v) is 11.8. The Morgan fingerprint density at radius 1 is 1.30 bits per heavy atom. The van der Waals surface area contributed by atoms with Gasteiger partial charge in [0.2, 0.25) is 5.91 Å². The van der Waals surface area contributed by atoms with Crippen molar-refractivity contribution in [3.63, 3.8) is 0 Å². The van der Waals surface area contributed by atoms with Crippen molar-refractivity contribution in [3.05, 3.63) is 29.3 Å². The van der Waals surface area contributed by atoms with E-state index in [1.54, 1.807) is 12.1 Å². The average Bonchev–Trinajstić information content (AvgIpc) is 2.41. The first-order chi connectivity index (χ1) is 9.42. The van der Waals surface area contributed by atoms with E-state index in [4.69, 9.17) is 5.11 Å². The summed E-state index contributed by atoms with van der Waals surface area (Å²) in [4.78, 5) is 23.4. The molecule has 5 heteroatoms. The van der Waals surface area contributed by atoms with E-state index in [-0.39, 0.29) is 11.5 Å². The normalized spacial score (nSPS) is 17.5. The van der Waals surface area contributed by atoms with Gasteiger partial charge in [-0.1, -0.05) is 13.0 Å². The molecule has 1 aromatic carbocycles. The SMILES string of the molecule is Cc1ccc(C(=O)O)cc1NC(=O)C1(C)CCNCC1. The van der Waals surface area contributed by atoms with Gasteiger partial charge in [-0.3, -0.25) is 4.79 Å². The number of hydrogen-bond donors (Lipinski definition) is 3. The van der Waals surface area contributed by atoms with E-state index in [2.05, 4.69) is 10.6 Å². The number of nitrogens with one attached hydrogen (secondary N) is 2. The van der Waals surface area contributed by atoms with Crippen LogP contribution in [0, 0.1) is 12.3 Å². The summed E-state index contributed by atoms with van der Waals surface area (Å²) in [5, 5.41) is 15.1. The molecule has 0 atom stereocenters. The summed E-state index contributed by atoms with van der Waals surface area (Å²) in [6.07, 6.45) is 1.58. The molecular formula is C15H20N2O3. The fourth-order valence-corrected chi connectivity index (χ4v) is 2.37. The van der Waals surface area contributed by atoms with E-state index in [0.29, 0.717) is 5.69 Å². The highest BCUT2D eigenvalue weighted by Crippen LogP contribution is 2.30. The van der Waals surface area contributed by atoms with E-state index in [1.165, 1.54) is 6.07 Å². The van der Waals surface area contributed by atoms with Crippen LogP contribution in [0.2, 0.25) is 0 Å². The summed E-state index contributed by atoms with van der Waals surface area (Å²) in [5.74, 6) is -1.03. The summed E-state index contributed by atoms with van der Waals surface area (Å²) < 4.78 is 0. The molecule has 1 aliphatic rings. The Bertz CT molecular complexity index is 534. The molecule has 0 radical (unpaired) electrons. The van der Waals surface area contributed by atoms with E-state index >= 15 is 0 Å². The number of aromatic carboxylic acids is 1. The van der Waals surface area contributed by atoms with Crippen molar-refractivity contribution in [2.45, 2.75) is 26.7 Å². The molecule has 0 aromatic heterocycles. The minimum absolute atomic E-state index is 0.0374. The van der Waals surface area contributed by atoms with Crippen LogP contribution in [-0.2, 0) is 4.79 Å². The summed E-state index contributed by atoms with van der Waals surface area (Å²) in [7, 11) is 0. The third-order valence-corrected chi connectivity index (χ3v) is 3.99. The molecule has 0 saturated carbocycles. The lowest BCUT2D eigenvalue weighted by atomic mass is 9.80. The summed E-state index contributed by atoms with van der Waals surface area (Å²) in [5.41, 5.74) is 1.23. The number of piperidine rings is 1. The van der Waals surface area contributed by atoms with Gasteiger partial charge in [-0.25, -0.2) is 4.79 Å². The fourth-order valence-electron chi connectivity index (χ4n) is 2.37. The van der Waals surface area contributed by atoms with E-state index in [9.17, 15) is 9.59 Å². The van der Waals surface area contributed by atoms with Crippen LogP contribution < -0.4 is 10.6 Å². The maximum Gasteiger partial charge on any atom is 0.335 e. The van der Waals surface area contributed by atoms with Gasteiger partial charge in [0, 0.05) is 11.1 Å². The van der Waals surface area contributed by atoms with Crippen LogP contribution in [-0.4, -0.2) is 30.1 Å². The van der Waals surface area contributed by atoms with Crippen molar-refractivity contribution in [3.8, 4) is 0 Å². The van der Waals surface area contributed by atoms with Crippen molar-refractivity contribution >= 4 is 17.6 Å². The van der Waals surface area contributed by atoms with Crippen molar-refractivity contribution in [1.29, 1.82) is 0 Å². The molecule has 2 rings (SSSR count). The van der Waals surface area contributed by atoms with Crippen LogP contribution in [0.4, 0.5) is 5.69 Å². The number of carboxylic acid groups (broad SMARTS) is 1. The van der Waals surface area contributed by atoms with Crippen molar-refractivity contribution in [1.82, 2.24) is 5.32 Å².